The highest BCUT2D eigenvalue weighted by Crippen LogP contribution is 2.23. The minimum Gasteiger partial charge on any atom is -0.399 e. The van der Waals surface area contributed by atoms with Gasteiger partial charge < -0.3 is 10.6 Å². The van der Waals surface area contributed by atoms with E-state index >= 15 is 0 Å². The van der Waals surface area contributed by atoms with Gasteiger partial charge in [-0.3, -0.25) is 0 Å². The molecule has 0 radical (unpaired) electrons. The van der Waals surface area contributed by atoms with Crippen molar-refractivity contribution in [2.24, 2.45) is 0 Å². The van der Waals surface area contributed by atoms with Crippen molar-refractivity contribution in [2.45, 2.75) is 11.8 Å². The molecule has 2 aromatic rings. The zero-order chi connectivity index (χ0) is 16.4. The van der Waals surface area contributed by atoms with Crippen LogP contribution in [-0.2, 0) is 10.0 Å². The molecular formula is C17H21N3O2S. The molecule has 1 aliphatic heterocycles. The molecule has 0 bridgehead atoms. The van der Waals surface area contributed by atoms with Gasteiger partial charge >= 0.3 is 0 Å². The van der Waals surface area contributed by atoms with E-state index in [1.807, 2.05) is 37.3 Å². The van der Waals surface area contributed by atoms with Crippen LogP contribution in [0.5, 0.6) is 0 Å². The summed E-state index contributed by atoms with van der Waals surface area (Å²) in [5.74, 6) is 0. The first-order valence-electron chi connectivity index (χ1n) is 7.65. The maximum Gasteiger partial charge on any atom is 0.243 e. The van der Waals surface area contributed by atoms with Gasteiger partial charge in [0.25, 0.3) is 0 Å². The minimum absolute atomic E-state index is 0.317. The van der Waals surface area contributed by atoms with Gasteiger partial charge in [-0.05, 0) is 42.8 Å². The number of para-hydroxylation sites is 1. The van der Waals surface area contributed by atoms with Crippen LogP contribution in [0.15, 0.2) is 53.4 Å². The monoisotopic (exact) mass is 331 g/mol. The maximum atomic E-state index is 12.8. The van der Waals surface area contributed by atoms with Crippen LogP contribution < -0.4 is 10.6 Å². The van der Waals surface area contributed by atoms with E-state index in [0.29, 0.717) is 36.8 Å². The topological polar surface area (TPSA) is 66.6 Å². The molecule has 2 N–H and O–H groups in total. The molecule has 1 saturated heterocycles. The summed E-state index contributed by atoms with van der Waals surface area (Å²) in [6, 6.07) is 15.0. The lowest BCUT2D eigenvalue weighted by Crippen LogP contribution is -2.48. The van der Waals surface area contributed by atoms with Crippen LogP contribution in [0.4, 0.5) is 11.4 Å². The van der Waals surface area contributed by atoms with Gasteiger partial charge in [-0.2, -0.15) is 4.31 Å². The summed E-state index contributed by atoms with van der Waals surface area (Å²) in [4.78, 5) is 2.53. The van der Waals surface area contributed by atoms with Gasteiger partial charge in [-0.1, -0.05) is 18.2 Å². The fourth-order valence-electron chi connectivity index (χ4n) is 2.78. The molecule has 1 fully saturated rings. The summed E-state index contributed by atoms with van der Waals surface area (Å²) < 4.78 is 27.1. The minimum atomic E-state index is -3.46. The summed E-state index contributed by atoms with van der Waals surface area (Å²) in [7, 11) is -3.46. The highest BCUT2D eigenvalue weighted by atomic mass is 32.2. The Labute approximate surface area is 137 Å². The number of benzene rings is 2. The quantitative estimate of drug-likeness (QED) is 0.875. The molecule has 23 heavy (non-hydrogen) atoms. The Kier molecular flexibility index (Phi) is 4.28. The van der Waals surface area contributed by atoms with E-state index in [1.54, 1.807) is 22.5 Å². The molecule has 1 aliphatic rings. The zero-order valence-corrected chi connectivity index (χ0v) is 14.0. The second kappa shape index (κ2) is 6.22. The Balaban J connectivity index is 1.75. The summed E-state index contributed by atoms with van der Waals surface area (Å²) in [6.07, 6.45) is 0. The molecule has 0 amide bonds. The predicted octanol–water partition coefficient (Wildman–Crippen LogP) is 2.09. The van der Waals surface area contributed by atoms with Crippen LogP contribution in [0.1, 0.15) is 5.56 Å². The number of aryl methyl sites for hydroxylation is 1. The van der Waals surface area contributed by atoms with Crippen molar-refractivity contribution in [2.75, 3.05) is 36.8 Å². The third kappa shape index (κ3) is 3.18. The van der Waals surface area contributed by atoms with E-state index in [0.717, 1.165) is 11.3 Å². The van der Waals surface area contributed by atoms with Crippen molar-refractivity contribution in [3.05, 3.63) is 54.1 Å². The third-order valence-corrected chi connectivity index (χ3v) is 6.13. The van der Waals surface area contributed by atoms with Crippen molar-refractivity contribution in [1.82, 2.24) is 4.31 Å². The molecule has 0 aromatic heterocycles. The number of piperazine rings is 1. The van der Waals surface area contributed by atoms with Crippen LogP contribution in [0.2, 0.25) is 0 Å². The predicted molar refractivity (Wildman–Crippen MR) is 93.0 cm³/mol. The number of anilines is 2. The number of rotatable bonds is 3. The van der Waals surface area contributed by atoms with Crippen LogP contribution in [-0.4, -0.2) is 38.9 Å². The first-order valence-corrected chi connectivity index (χ1v) is 9.09. The number of nitrogen functional groups attached to an aromatic ring is 1. The van der Waals surface area contributed by atoms with Gasteiger partial charge in [0.1, 0.15) is 0 Å². The van der Waals surface area contributed by atoms with Crippen LogP contribution in [0.25, 0.3) is 0 Å². The van der Waals surface area contributed by atoms with Crippen molar-refractivity contribution in [3.8, 4) is 0 Å². The van der Waals surface area contributed by atoms with Gasteiger partial charge in [0.15, 0.2) is 0 Å². The van der Waals surface area contributed by atoms with Crippen molar-refractivity contribution >= 4 is 21.4 Å². The Morgan fingerprint density at radius 2 is 1.61 bits per heavy atom. The van der Waals surface area contributed by atoms with E-state index in [4.69, 9.17) is 5.73 Å². The lowest BCUT2D eigenvalue weighted by Gasteiger charge is -2.35. The number of nitrogens with two attached hydrogens (primary N) is 1. The first-order chi connectivity index (χ1) is 11.0. The molecule has 3 rings (SSSR count). The number of nitrogens with zero attached hydrogens (tertiary/aromatic N) is 2. The highest BCUT2D eigenvalue weighted by Gasteiger charge is 2.28. The van der Waals surface area contributed by atoms with Crippen LogP contribution in [0, 0.1) is 6.92 Å². The molecule has 6 heteroatoms. The molecule has 2 aromatic carbocycles. The van der Waals surface area contributed by atoms with Gasteiger partial charge in [-0.15, -0.1) is 0 Å². The van der Waals surface area contributed by atoms with Gasteiger partial charge in [0, 0.05) is 37.6 Å². The van der Waals surface area contributed by atoms with Gasteiger partial charge in [0.2, 0.25) is 10.0 Å². The van der Waals surface area contributed by atoms with Crippen molar-refractivity contribution in [3.63, 3.8) is 0 Å². The third-order valence-electron chi connectivity index (χ3n) is 4.24. The lowest BCUT2D eigenvalue weighted by molar-refractivity contribution is 0.385. The normalized spacial score (nSPS) is 16.5. The van der Waals surface area contributed by atoms with Crippen molar-refractivity contribution < 1.29 is 8.42 Å². The molecular weight excluding hydrogens is 310 g/mol. The standard InChI is InChI=1S/C17H21N3O2S/c1-14-13-16(7-8-17(14)18)23(21,22)20-11-9-19(10-12-20)15-5-3-2-4-6-15/h2-8,13H,9-12,18H2,1H3. The lowest BCUT2D eigenvalue weighted by atomic mass is 10.2. The fraction of sp³-hybridized carbons (Fsp3) is 0.294. The molecule has 0 aliphatic carbocycles. The summed E-state index contributed by atoms with van der Waals surface area (Å²) in [5.41, 5.74) is 8.31. The SMILES string of the molecule is Cc1cc(S(=O)(=O)N2CCN(c3ccccc3)CC2)ccc1N. The average Bonchev–Trinajstić information content (AvgIpc) is 2.58. The fourth-order valence-corrected chi connectivity index (χ4v) is 4.29. The largest absolute Gasteiger partial charge is 0.399 e. The Morgan fingerprint density at radius 3 is 2.22 bits per heavy atom. The van der Waals surface area contributed by atoms with E-state index in [1.165, 1.54) is 0 Å². The first kappa shape index (κ1) is 15.8. The molecule has 0 spiro atoms. The maximum absolute atomic E-state index is 12.8. The number of hydrogen-bond acceptors (Lipinski definition) is 4. The molecule has 122 valence electrons. The Bertz CT molecular complexity index is 783. The second-order valence-electron chi connectivity index (χ2n) is 5.75. The number of sulfonamides is 1. The zero-order valence-electron chi connectivity index (χ0n) is 13.1. The van der Waals surface area contributed by atoms with Gasteiger partial charge in [-0.25, -0.2) is 8.42 Å². The molecule has 5 nitrogen and oxygen atoms in total. The smallest absolute Gasteiger partial charge is 0.243 e. The molecule has 0 atom stereocenters. The summed E-state index contributed by atoms with van der Waals surface area (Å²) in [5, 5.41) is 0. The Morgan fingerprint density at radius 1 is 0.957 bits per heavy atom. The summed E-state index contributed by atoms with van der Waals surface area (Å²) in [6.45, 7) is 4.18. The highest BCUT2D eigenvalue weighted by molar-refractivity contribution is 7.89. The second-order valence-corrected chi connectivity index (χ2v) is 7.68. The Hall–Kier alpha value is -2.05. The van der Waals surface area contributed by atoms with Crippen LogP contribution >= 0.6 is 0 Å². The van der Waals surface area contributed by atoms with Crippen LogP contribution in [0.3, 0.4) is 0 Å². The summed E-state index contributed by atoms with van der Waals surface area (Å²) >= 11 is 0. The van der Waals surface area contributed by atoms with Gasteiger partial charge in [0.05, 0.1) is 4.90 Å². The van der Waals surface area contributed by atoms with E-state index in [9.17, 15) is 8.42 Å². The van der Waals surface area contributed by atoms with E-state index in [2.05, 4.69) is 4.90 Å². The average molecular weight is 331 g/mol. The molecule has 0 unspecified atom stereocenters. The van der Waals surface area contributed by atoms with E-state index in [-0.39, 0.29) is 0 Å². The molecule has 0 saturated carbocycles. The molecule has 1 heterocycles. The van der Waals surface area contributed by atoms with E-state index < -0.39 is 10.0 Å². The number of hydrogen-bond donors (Lipinski definition) is 1. The van der Waals surface area contributed by atoms with Crippen molar-refractivity contribution in [1.29, 1.82) is 0 Å².